The van der Waals surface area contributed by atoms with Gasteiger partial charge in [0, 0.05) is 24.2 Å². The van der Waals surface area contributed by atoms with Crippen molar-refractivity contribution in [2.24, 2.45) is 7.05 Å². The van der Waals surface area contributed by atoms with E-state index in [1.165, 1.54) is 33.5 Å². The van der Waals surface area contributed by atoms with Crippen molar-refractivity contribution >= 4 is 45.4 Å². The van der Waals surface area contributed by atoms with E-state index in [4.69, 9.17) is 4.74 Å². The molecule has 2 fully saturated rings. The number of ketones is 1. The zero-order chi connectivity index (χ0) is 20.1. The summed E-state index contributed by atoms with van der Waals surface area (Å²) in [5.41, 5.74) is 0. The number of alkyl halides is 1. The first-order valence-electron chi connectivity index (χ1n) is 8.24. The molecule has 2 unspecified atom stereocenters. The monoisotopic (exact) mass is 457 g/mol. The number of halogens is 1. The second kappa shape index (κ2) is 6.75. The molecule has 8 nitrogen and oxygen atoms in total. The summed E-state index contributed by atoms with van der Waals surface area (Å²) in [7, 11) is 1.63. The number of amides is 1. The van der Waals surface area contributed by atoms with E-state index in [2.05, 4.69) is 27.5 Å². The van der Waals surface area contributed by atoms with Crippen LogP contribution in [0.15, 0.2) is 25.0 Å². The number of fused-ring (bicyclic) bond motifs is 1. The molecule has 4 atom stereocenters. The molecule has 0 aromatic carbocycles. The molecular weight excluding hydrogens is 438 g/mol. The van der Waals surface area contributed by atoms with Crippen LogP contribution in [0.2, 0.25) is 0 Å². The van der Waals surface area contributed by atoms with Crippen molar-refractivity contribution < 1.29 is 24.2 Å². The van der Waals surface area contributed by atoms with Crippen molar-refractivity contribution in [3.05, 3.63) is 30.9 Å². The minimum Gasteiger partial charge on any atom is -0.460 e. The minimum atomic E-state index is -1.64. The van der Waals surface area contributed by atoms with Gasteiger partial charge in [0.2, 0.25) is 11.7 Å². The number of hydrogen-bond donors (Lipinski definition) is 1. The first-order valence-corrected chi connectivity index (χ1v) is 9.91. The van der Waals surface area contributed by atoms with Crippen LogP contribution in [0.5, 0.6) is 0 Å². The van der Waals surface area contributed by atoms with Crippen LogP contribution in [0.25, 0.3) is 0 Å². The number of imidazole rings is 1. The molecule has 1 aromatic rings. The van der Waals surface area contributed by atoms with Gasteiger partial charge in [-0.05, 0) is 13.8 Å². The fourth-order valence-corrected chi connectivity index (χ4v) is 5.97. The highest BCUT2D eigenvalue weighted by molar-refractivity contribution is 9.10. The van der Waals surface area contributed by atoms with Crippen LogP contribution in [0.3, 0.4) is 0 Å². The predicted molar refractivity (Wildman–Crippen MR) is 102 cm³/mol. The number of thioether (sulfide) groups is 1. The average molecular weight is 458 g/mol. The van der Waals surface area contributed by atoms with E-state index in [9.17, 15) is 19.5 Å². The fourth-order valence-electron chi connectivity index (χ4n) is 3.41. The molecule has 0 radical (unpaired) electrons. The second-order valence-corrected chi connectivity index (χ2v) is 10.1. The first kappa shape index (κ1) is 20.1. The quantitative estimate of drug-likeness (QED) is 0.222. The topological polar surface area (TPSA) is 102 Å². The molecule has 27 heavy (non-hydrogen) atoms. The smallest absolute Gasteiger partial charge is 0.330 e. The zero-order valence-corrected chi connectivity index (χ0v) is 17.5. The maximum absolute atomic E-state index is 12.9. The molecule has 2 aliphatic heterocycles. The Kier molecular flexibility index (Phi) is 5.02. The largest absolute Gasteiger partial charge is 0.460 e. The van der Waals surface area contributed by atoms with Gasteiger partial charge in [-0.2, -0.15) is 0 Å². The van der Waals surface area contributed by atoms with E-state index in [-0.39, 0.29) is 12.4 Å². The maximum Gasteiger partial charge on any atom is 0.330 e. The van der Waals surface area contributed by atoms with Crippen LogP contribution < -0.4 is 0 Å². The lowest BCUT2D eigenvalue weighted by molar-refractivity contribution is -0.166. The minimum absolute atomic E-state index is 0.0441. The van der Waals surface area contributed by atoms with E-state index in [0.29, 0.717) is 0 Å². The number of nitrogens with zero attached hydrogens (tertiary/aromatic N) is 3. The Morgan fingerprint density at radius 3 is 2.78 bits per heavy atom. The van der Waals surface area contributed by atoms with Crippen molar-refractivity contribution in [3.8, 4) is 0 Å². The predicted octanol–water partition coefficient (Wildman–Crippen LogP) is 0.889. The van der Waals surface area contributed by atoms with Crippen LogP contribution in [0, 0.1) is 0 Å². The lowest BCUT2D eigenvalue weighted by Crippen LogP contribution is -2.75. The molecule has 1 amide bonds. The lowest BCUT2D eigenvalue weighted by atomic mass is 9.85. The number of aromatic nitrogens is 2. The maximum atomic E-state index is 12.9. The molecule has 0 aliphatic carbocycles. The molecule has 1 aromatic heterocycles. The van der Waals surface area contributed by atoms with Gasteiger partial charge in [0.1, 0.15) is 24.1 Å². The molecule has 3 heterocycles. The number of β-lactam (4-membered cyclic amide) rings is 1. The Bertz CT molecular complexity index is 825. The third kappa shape index (κ3) is 2.85. The molecule has 1 N–H and O–H groups in total. The van der Waals surface area contributed by atoms with Gasteiger partial charge in [0.15, 0.2) is 10.1 Å². The van der Waals surface area contributed by atoms with Crippen molar-refractivity contribution in [2.75, 3.05) is 6.61 Å². The Labute approximate surface area is 169 Å². The van der Waals surface area contributed by atoms with Crippen molar-refractivity contribution in [1.82, 2.24) is 14.5 Å². The summed E-state index contributed by atoms with van der Waals surface area (Å²) in [5.74, 6) is -1.68. The number of carbonyl (C=O) groups is 3. The van der Waals surface area contributed by atoms with Gasteiger partial charge in [0.25, 0.3) is 0 Å². The molecule has 0 saturated carbocycles. The summed E-state index contributed by atoms with van der Waals surface area (Å²) in [4.78, 5) is 43.4. The van der Waals surface area contributed by atoms with Crippen LogP contribution in [0.4, 0.5) is 0 Å². The van der Waals surface area contributed by atoms with E-state index in [0.717, 1.165) is 0 Å². The molecule has 0 spiro atoms. The zero-order valence-electron chi connectivity index (χ0n) is 15.1. The van der Waals surface area contributed by atoms with Crippen molar-refractivity contribution in [3.63, 3.8) is 0 Å². The van der Waals surface area contributed by atoms with Crippen LogP contribution in [-0.4, -0.2) is 70.4 Å². The lowest BCUT2D eigenvalue weighted by Gasteiger charge is -2.51. The van der Waals surface area contributed by atoms with Crippen LogP contribution in [0.1, 0.15) is 24.5 Å². The summed E-state index contributed by atoms with van der Waals surface area (Å²) >= 11 is 4.65. The second-order valence-electron chi connectivity index (χ2n) is 7.00. The normalized spacial score (nSPS) is 29.7. The molecule has 2 saturated heterocycles. The van der Waals surface area contributed by atoms with Gasteiger partial charge in [-0.3, -0.25) is 9.59 Å². The Hall–Kier alpha value is -1.65. The summed E-state index contributed by atoms with van der Waals surface area (Å²) in [6.45, 7) is 7.20. The number of aliphatic hydroxyl groups is 1. The van der Waals surface area contributed by atoms with Gasteiger partial charge in [-0.15, -0.1) is 11.8 Å². The van der Waals surface area contributed by atoms with Crippen LogP contribution >= 0.6 is 27.7 Å². The first-order chi connectivity index (χ1) is 12.6. The highest BCUT2D eigenvalue weighted by Gasteiger charge is 2.74. The molecule has 146 valence electrons. The number of aryl methyl sites for hydroxylation is 1. The van der Waals surface area contributed by atoms with Crippen molar-refractivity contribution in [1.29, 1.82) is 0 Å². The molecule has 2 aliphatic rings. The standard InChI is InChI=1S/C17H20BrN3O5S/c1-5-8-26-13(24)10-16(2,3)27-15-17(18,14(25)21(10)15)11(23)9(22)12-19-6-7-20(12)4/h5-7,10-11,15,23H,1,8H2,2-4H3/t10-,11?,15+,17?/m0/s1. The molecule has 10 heteroatoms. The van der Waals surface area contributed by atoms with Crippen LogP contribution in [-0.2, 0) is 21.4 Å². The molecule has 3 rings (SSSR count). The Balaban J connectivity index is 1.87. The fraction of sp³-hybridized carbons (Fsp3) is 0.529. The van der Waals surface area contributed by atoms with Gasteiger partial charge < -0.3 is 19.3 Å². The number of ether oxygens (including phenoxy) is 1. The SMILES string of the molecule is C=CCOC(=O)[C@@H]1N2C(=O)C(Br)(C(O)C(=O)c3nccn3C)[C@H]2SC1(C)C. The summed E-state index contributed by atoms with van der Waals surface area (Å²) in [5, 5.41) is 10.1. The third-order valence-electron chi connectivity index (χ3n) is 4.78. The number of aliphatic hydroxyl groups excluding tert-OH is 1. The van der Waals surface area contributed by atoms with E-state index >= 15 is 0 Å². The van der Waals surface area contributed by atoms with E-state index < -0.39 is 44.3 Å². The Morgan fingerprint density at radius 2 is 2.22 bits per heavy atom. The number of carbonyl (C=O) groups excluding carboxylic acids is 3. The highest BCUT2D eigenvalue weighted by Crippen LogP contribution is 2.59. The highest BCUT2D eigenvalue weighted by atomic mass is 79.9. The van der Waals surface area contributed by atoms with E-state index in [1.807, 2.05) is 13.8 Å². The number of Topliss-reactive ketones (excluding diaryl/α,β-unsaturated/α-hetero) is 1. The average Bonchev–Trinajstić information content (AvgIpc) is 3.16. The van der Waals surface area contributed by atoms with Gasteiger partial charge >= 0.3 is 5.97 Å². The third-order valence-corrected chi connectivity index (χ3v) is 7.94. The summed E-state index contributed by atoms with van der Waals surface area (Å²) < 4.78 is 4.44. The number of hydrogen-bond acceptors (Lipinski definition) is 7. The number of rotatable bonds is 6. The summed E-state index contributed by atoms with van der Waals surface area (Å²) in [6, 6.07) is -0.818. The van der Waals surface area contributed by atoms with Gasteiger partial charge in [0.05, 0.1) is 0 Å². The van der Waals surface area contributed by atoms with Gasteiger partial charge in [-0.25, -0.2) is 9.78 Å². The van der Waals surface area contributed by atoms with Gasteiger partial charge in [-0.1, -0.05) is 28.6 Å². The molecule has 0 bridgehead atoms. The molecular formula is C17H20BrN3O5S. The Morgan fingerprint density at radius 1 is 1.56 bits per heavy atom. The summed E-state index contributed by atoms with van der Waals surface area (Å²) in [6.07, 6.45) is 2.83. The van der Waals surface area contributed by atoms with E-state index in [1.54, 1.807) is 13.2 Å². The number of esters is 1. The van der Waals surface area contributed by atoms with Crippen molar-refractivity contribution in [2.45, 2.75) is 40.4 Å².